The first-order valence-electron chi connectivity index (χ1n) is 28.0. The number of carbonyl (C=O) groups is 4. The lowest BCUT2D eigenvalue weighted by Crippen LogP contribution is -2.45. The van der Waals surface area contributed by atoms with Gasteiger partial charge in [0, 0.05) is 78.9 Å². The monoisotopic (exact) mass is 1040 g/mol. The van der Waals surface area contributed by atoms with Crippen LogP contribution >= 0.6 is 0 Å². The van der Waals surface area contributed by atoms with Gasteiger partial charge in [-0.25, -0.2) is 9.59 Å². The van der Waals surface area contributed by atoms with Crippen LogP contribution in [0, 0.1) is 35.5 Å². The van der Waals surface area contributed by atoms with Crippen molar-refractivity contribution in [2.75, 3.05) is 40.3 Å². The summed E-state index contributed by atoms with van der Waals surface area (Å²) in [6.45, 7) is 23.4. The number of fused-ring (bicyclic) bond motifs is 6. The van der Waals surface area contributed by atoms with Crippen molar-refractivity contribution in [3.63, 3.8) is 0 Å². The molecule has 2 aromatic heterocycles. The van der Waals surface area contributed by atoms with Crippen LogP contribution in [-0.4, -0.2) is 116 Å². The summed E-state index contributed by atoms with van der Waals surface area (Å²) >= 11 is 0. The molecule has 416 valence electrons. The molecule has 2 aliphatic carbocycles. The number of aromatic amines is 2. The average molecular weight is 1040 g/mol. The number of H-pyrrole nitrogens is 2. The molecule has 0 saturated heterocycles. The van der Waals surface area contributed by atoms with Crippen molar-refractivity contribution in [2.45, 2.75) is 183 Å². The van der Waals surface area contributed by atoms with Gasteiger partial charge >= 0.3 is 18.2 Å². The number of carboxylic acids is 1. The molecule has 2 atom stereocenters. The Morgan fingerprint density at radius 1 is 0.653 bits per heavy atom. The molecule has 2 saturated carbocycles. The first-order chi connectivity index (χ1) is 35.3. The number of aliphatic hydroxyl groups excluding tert-OH is 2. The molecule has 2 unspecified atom stereocenters. The van der Waals surface area contributed by atoms with Gasteiger partial charge in [-0.1, -0.05) is 39.8 Å². The van der Waals surface area contributed by atoms with Gasteiger partial charge in [0.1, 0.15) is 11.2 Å². The van der Waals surface area contributed by atoms with Crippen molar-refractivity contribution in [1.82, 2.24) is 30.0 Å². The highest BCUT2D eigenvalue weighted by Gasteiger charge is 2.38. The summed E-state index contributed by atoms with van der Waals surface area (Å²) < 4.78 is 10.8. The van der Waals surface area contributed by atoms with Crippen LogP contribution < -0.4 is 5.32 Å². The topological polar surface area (TPSA) is 201 Å². The molecule has 3 amide bonds. The Morgan fingerprint density at radius 3 is 1.55 bits per heavy atom. The maximum Gasteiger partial charge on any atom is 0.410 e. The van der Waals surface area contributed by atoms with Crippen molar-refractivity contribution < 1.29 is 44.0 Å². The normalized spacial score (nSPS) is 21.8. The molecule has 0 radical (unpaired) electrons. The molecule has 4 aromatic rings. The number of ether oxygens (including phenoxy) is 2. The average Bonchev–Trinajstić information content (AvgIpc) is 3.92. The molecule has 4 heterocycles. The van der Waals surface area contributed by atoms with Gasteiger partial charge in [0.2, 0.25) is 5.91 Å². The van der Waals surface area contributed by atoms with Gasteiger partial charge in [0.25, 0.3) is 0 Å². The molecule has 75 heavy (non-hydrogen) atoms. The number of rotatable bonds is 12. The highest BCUT2D eigenvalue weighted by Crippen LogP contribution is 2.41. The summed E-state index contributed by atoms with van der Waals surface area (Å²) in [5.74, 6) is 1.35. The van der Waals surface area contributed by atoms with Crippen LogP contribution in [0.1, 0.15) is 179 Å². The van der Waals surface area contributed by atoms with Crippen molar-refractivity contribution in [3.05, 3.63) is 70.0 Å². The van der Waals surface area contributed by atoms with Crippen LogP contribution in [0.25, 0.3) is 21.8 Å². The zero-order valence-electron chi connectivity index (χ0n) is 47.4. The highest BCUT2D eigenvalue weighted by molar-refractivity contribution is 5.88. The summed E-state index contributed by atoms with van der Waals surface area (Å²) in [6.07, 6.45) is 10.2. The second-order valence-electron chi connectivity index (χ2n) is 24.9. The number of hydrogen-bond donors (Lipinski definition) is 6. The molecule has 15 heteroatoms. The number of aliphatic hydroxyl groups is 2. The molecular formula is C60H92N6O9. The number of nitrogens with one attached hydrogen (secondary N) is 3. The van der Waals surface area contributed by atoms with E-state index in [1.54, 1.807) is 23.9 Å². The Hall–Kier alpha value is -5.12. The second kappa shape index (κ2) is 25.8. The van der Waals surface area contributed by atoms with E-state index < -0.39 is 17.2 Å². The standard InChI is InChI=1S/C30H45N3O4.C16H22N2O.C14H25NO4/c1-19(2)15-26-27-23(24-16-21(18-34)9-12-25(24)31-27)13-14-33(26)28(35)22-10-7-20(8-11-22)17-32(6)29(36)37-30(3,4)5;1-10(2)7-15-16-12(5-6-17-15)13-8-11(9-19)3-4-14(13)18-16;1-14(2,3)19-13(18)15(4)9-10-5-7-11(8-6-10)12(16)17/h9,12,16,19-20,22,26,31,34H,7-8,10-11,13-15,17-18H2,1-6H3;3-4,8,10,15,17-19H,5-7,9H2,1-2H3;10-11H,5-9H2,1-4H3,(H,16,17). The van der Waals surface area contributed by atoms with E-state index in [2.05, 4.69) is 66.1 Å². The molecule has 2 aromatic carbocycles. The molecule has 2 fully saturated rings. The van der Waals surface area contributed by atoms with Gasteiger partial charge in [0.15, 0.2) is 0 Å². The Labute approximate surface area is 446 Å². The SMILES string of the molecule is CC(C)CC1NCCc2c1[nH]c1ccc(CO)cc21.CC(C)CC1c2[nH]c3ccc(CO)cc3c2CCN1C(=O)C1CCC(CN(C)C(=O)OC(C)(C)C)CC1.CN(CC1CCC(C(=O)O)CC1)C(=O)OC(C)(C)C. The molecule has 15 nitrogen and oxygen atoms in total. The van der Waals surface area contributed by atoms with E-state index in [0.29, 0.717) is 55.6 Å². The lowest BCUT2D eigenvalue weighted by molar-refractivity contribution is -0.143. The Morgan fingerprint density at radius 2 is 1.11 bits per heavy atom. The minimum atomic E-state index is -0.695. The Kier molecular flexibility index (Phi) is 20.4. The maximum absolute atomic E-state index is 13.9. The van der Waals surface area contributed by atoms with Crippen LogP contribution in [0.3, 0.4) is 0 Å². The predicted molar refractivity (Wildman–Crippen MR) is 296 cm³/mol. The molecule has 4 aliphatic rings. The predicted octanol–water partition coefficient (Wildman–Crippen LogP) is 11.4. The summed E-state index contributed by atoms with van der Waals surface area (Å²) in [4.78, 5) is 61.5. The summed E-state index contributed by atoms with van der Waals surface area (Å²) in [6, 6.07) is 12.8. The quantitative estimate of drug-likeness (QED) is 0.0793. The number of benzene rings is 2. The minimum absolute atomic E-state index is 0.0339. The number of hydrogen-bond acceptors (Lipinski definition) is 9. The summed E-state index contributed by atoms with van der Waals surface area (Å²) in [5, 5.41) is 33.9. The third-order valence-corrected chi connectivity index (χ3v) is 15.3. The van der Waals surface area contributed by atoms with Crippen molar-refractivity contribution in [1.29, 1.82) is 0 Å². The van der Waals surface area contributed by atoms with Gasteiger partial charge in [-0.3, -0.25) is 9.59 Å². The van der Waals surface area contributed by atoms with Crippen molar-refractivity contribution >= 4 is 45.9 Å². The molecule has 0 spiro atoms. The fourth-order valence-electron chi connectivity index (χ4n) is 11.6. The number of nitrogens with zero attached hydrogens (tertiary/aromatic N) is 3. The lowest BCUT2D eigenvalue weighted by Gasteiger charge is -2.40. The zero-order valence-corrected chi connectivity index (χ0v) is 47.4. The van der Waals surface area contributed by atoms with Crippen LogP contribution in [0.15, 0.2) is 36.4 Å². The van der Waals surface area contributed by atoms with E-state index in [1.807, 2.05) is 59.7 Å². The van der Waals surface area contributed by atoms with Gasteiger partial charge in [-0.15, -0.1) is 0 Å². The number of amides is 3. The molecule has 2 aliphatic heterocycles. The fourth-order valence-corrected chi connectivity index (χ4v) is 11.6. The van der Waals surface area contributed by atoms with E-state index in [1.165, 1.54) is 38.8 Å². The summed E-state index contributed by atoms with van der Waals surface area (Å²) in [5.41, 5.74) is 8.48. The number of carbonyl (C=O) groups excluding carboxylic acids is 3. The molecule has 8 rings (SSSR count). The van der Waals surface area contributed by atoms with E-state index in [4.69, 9.17) is 14.6 Å². The van der Waals surface area contributed by atoms with Gasteiger partial charge in [-0.2, -0.15) is 0 Å². The zero-order chi connectivity index (χ0) is 54.9. The largest absolute Gasteiger partial charge is 0.481 e. The van der Waals surface area contributed by atoms with E-state index in [-0.39, 0.29) is 49.2 Å². The van der Waals surface area contributed by atoms with E-state index >= 15 is 0 Å². The number of carboxylic acid groups (broad SMARTS) is 1. The van der Waals surface area contributed by atoms with Crippen LogP contribution in [0.5, 0.6) is 0 Å². The van der Waals surface area contributed by atoms with Crippen LogP contribution in [0.4, 0.5) is 9.59 Å². The second-order valence-corrected chi connectivity index (χ2v) is 24.9. The number of aromatic nitrogens is 2. The first kappa shape index (κ1) is 59.1. The minimum Gasteiger partial charge on any atom is -0.481 e. The van der Waals surface area contributed by atoms with E-state index in [9.17, 15) is 29.4 Å². The highest BCUT2D eigenvalue weighted by atomic mass is 16.6. The van der Waals surface area contributed by atoms with Crippen molar-refractivity contribution in [3.8, 4) is 0 Å². The fraction of sp³-hybridized carbons (Fsp3) is 0.667. The van der Waals surface area contributed by atoms with Gasteiger partial charge in [0.05, 0.1) is 25.2 Å². The number of aliphatic carboxylic acids is 1. The smallest absolute Gasteiger partial charge is 0.410 e. The molecular weight excluding hydrogens is 949 g/mol. The Bertz CT molecular complexity index is 2540. The van der Waals surface area contributed by atoms with Crippen molar-refractivity contribution in [2.24, 2.45) is 35.5 Å². The van der Waals surface area contributed by atoms with Crippen LogP contribution in [0.2, 0.25) is 0 Å². The molecule has 6 N–H and O–H groups in total. The van der Waals surface area contributed by atoms with Gasteiger partial charge < -0.3 is 54.8 Å². The van der Waals surface area contributed by atoms with Crippen LogP contribution in [-0.2, 0) is 45.1 Å². The van der Waals surface area contributed by atoms with E-state index in [0.717, 1.165) is 93.9 Å². The third-order valence-electron chi connectivity index (χ3n) is 15.3. The Balaban J connectivity index is 0.000000202. The molecule has 0 bridgehead atoms. The maximum atomic E-state index is 13.9. The van der Waals surface area contributed by atoms with Gasteiger partial charge in [-0.05, 0) is 195 Å². The lowest BCUT2D eigenvalue weighted by atomic mass is 9.80. The third kappa shape index (κ3) is 16.2. The first-order valence-corrected chi connectivity index (χ1v) is 28.0. The summed E-state index contributed by atoms with van der Waals surface area (Å²) in [7, 11) is 3.54.